The standard InChI is InChI=1S/C19H20FN5O.CH2O2/c20-16-3-1-14(2-4-16)15-11-17-18(23-13-24-19(17)22-12-15)21-5-6-25-7-9-26-10-8-25;2-1-3/h1-4,11-13H,5-10H2,(H,21,22,23,24);1H,(H,2,3). The predicted octanol–water partition coefficient (Wildman–Crippen LogP) is 2.28. The molecule has 9 heteroatoms. The van der Waals surface area contributed by atoms with Crippen LogP contribution in [0.4, 0.5) is 10.2 Å². The average Bonchev–Trinajstić information content (AvgIpc) is 2.75. The second-order valence-electron chi connectivity index (χ2n) is 6.31. The highest BCUT2D eigenvalue weighted by Gasteiger charge is 2.11. The first-order valence-electron chi connectivity index (χ1n) is 9.20. The molecule has 1 aromatic carbocycles. The van der Waals surface area contributed by atoms with Gasteiger partial charge < -0.3 is 15.2 Å². The zero-order valence-corrected chi connectivity index (χ0v) is 15.8. The normalized spacial score (nSPS) is 14.1. The summed E-state index contributed by atoms with van der Waals surface area (Å²) < 4.78 is 18.5. The van der Waals surface area contributed by atoms with Crippen LogP contribution in [0.5, 0.6) is 0 Å². The Hall–Kier alpha value is -3.17. The molecule has 29 heavy (non-hydrogen) atoms. The van der Waals surface area contributed by atoms with Gasteiger partial charge in [-0.2, -0.15) is 0 Å². The number of morpholine rings is 1. The third kappa shape index (κ3) is 5.66. The van der Waals surface area contributed by atoms with Crippen molar-refractivity contribution in [3.8, 4) is 11.1 Å². The van der Waals surface area contributed by atoms with Gasteiger partial charge in [-0.3, -0.25) is 9.69 Å². The average molecular weight is 399 g/mol. The molecule has 0 radical (unpaired) electrons. The summed E-state index contributed by atoms with van der Waals surface area (Å²) in [5.74, 6) is 0.510. The molecule has 8 nitrogen and oxygen atoms in total. The fourth-order valence-electron chi connectivity index (χ4n) is 3.04. The van der Waals surface area contributed by atoms with Gasteiger partial charge in [-0.25, -0.2) is 19.3 Å². The number of hydrogen-bond acceptors (Lipinski definition) is 7. The quantitative estimate of drug-likeness (QED) is 0.631. The number of halogens is 1. The number of carbonyl (C=O) groups is 1. The molecular formula is C20H22FN5O3. The summed E-state index contributed by atoms with van der Waals surface area (Å²) in [6, 6.07) is 8.37. The Morgan fingerprint density at radius 2 is 1.86 bits per heavy atom. The molecule has 4 rings (SSSR count). The van der Waals surface area contributed by atoms with Gasteiger partial charge in [0.25, 0.3) is 6.47 Å². The summed E-state index contributed by atoms with van der Waals surface area (Å²) >= 11 is 0. The van der Waals surface area contributed by atoms with Crippen LogP contribution in [-0.2, 0) is 9.53 Å². The van der Waals surface area contributed by atoms with Crippen molar-refractivity contribution < 1.29 is 19.0 Å². The van der Waals surface area contributed by atoms with Crippen LogP contribution >= 0.6 is 0 Å². The molecule has 1 aliphatic rings. The number of aromatic nitrogens is 3. The van der Waals surface area contributed by atoms with Crippen molar-refractivity contribution in [2.24, 2.45) is 0 Å². The van der Waals surface area contributed by atoms with E-state index in [4.69, 9.17) is 14.6 Å². The molecule has 0 amide bonds. The van der Waals surface area contributed by atoms with Crippen LogP contribution in [0.15, 0.2) is 42.9 Å². The molecule has 3 aromatic rings. The number of nitrogens with one attached hydrogen (secondary N) is 1. The van der Waals surface area contributed by atoms with E-state index in [0.29, 0.717) is 5.65 Å². The van der Waals surface area contributed by atoms with Crippen molar-refractivity contribution in [1.82, 2.24) is 19.9 Å². The maximum Gasteiger partial charge on any atom is 0.290 e. The number of hydrogen-bond donors (Lipinski definition) is 2. The molecule has 1 aliphatic heterocycles. The number of carboxylic acid groups (broad SMARTS) is 1. The number of anilines is 1. The van der Waals surface area contributed by atoms with Gasteiger partial charge in [-0.15, -0.1) is 0 Å². The molecule has 3 heterocycles. The monoisotopic (exact) mass is 399 g/mol. The van der Waals surface area contributed by atoms with E-state index >= 15 is 0 Å². The Morgan fingerprint density at radius 3 is 2.59 bits per heavy atom. The zero-order valence-electron chi connectivity index (χ0n) is 15.8. The van der Waals surface area contributed by atoms with Gasteiger partial charge in [0.05, 0.1) is 18.6 Å². The molecule has 0 unspecified atom stereocenters. The summed E-state index contributed by atoms with van der Waals surface area (Å²) in [5.41, 5.74) is 2.45. The van der Waals surface area contributed by atoms with E-state index in [1.165, 1.54) is 18.5 Å². The lowest BCUT2D eigenvalue weighted by atomic mass is 10.1. The van der Waals surface area contributed by atoms with E-state index in [0.717, 1.165) is 61.7 Å². The Kier molecular flexibility index (Phi) is 7.37. The second kappa shape index (κ2) is 10.4. The lowest BCUT2D eigenvalue weighted by Crippen LogP contribution is -2.39. The highest BCUT2D eigenvalue weighted by molar-refractivity contribution is 5.89. The van der Waals surface area contributed by atoms with E-state index in [1.807, 2.05) is 6.07 Å². The lowest BCUT2D eigenvalue weighted by Gasteiger charge is -2.26. The lowest BCUT2D eigenvalue weighted by molar-refractivity contribution is -0.122. The number of pyridine rings is 1. The molecule has 0 aliphatic carbocycles. The first-order valence-corrected chi connectivity index (χ1v) is 9.20. The van der Waals surface area contributed by atoms with Gasteiger partial charge in [-0.1, -0.05) is 12.1 Å². The molecule has 2 N–H and O–H groups in total. The number of fused-ring (bicyclic) bond motifs is 1. The van der Waals surface area contributed by atoms with Crippen molar-refractivity contribution in [3.63, 3.8) is 0 Å². The summed E-state index contributed by atoms with van der Waals surface area (Å²) in [7, 11) is 0. The smallest absolute Gasteiger partial charge is 0.290 e. The Bertz CT molecular complexity index is 933. The summed E-state index contributed by atoms with van der Waals surface area (Å²) in [4.78, 5) is 23.8. The van der Waals surface area contributed by atoms with Crippen LogP contribution < -0.4 is 5.32 Å². The minimum absolute atomic E-state index is 0.250. The number of nitrogens with zero attached hydrogens (tertiary/aromatic N) is 4. The fourth-order valence-corrected chi connectivity index (χ4v) is 3.04. The molecule has 0 saturated carbocycles. The molecule has 1 saturated heterocycles. The first kappa shape index (κ1) is 20.6. The maximum atomic E-state index is 13.2. The molecule has 0 bridgehead atoms. The van der Waals surface area contributed by atoms with Gasteiger partial charge >= 0.3 is 0 Å². The Balaban J connectivity index is 0.000000755. The van der Waals surface area contributed by atoms with E-state index in [9.17, 15) is 4.39 Å². The van der Waals surface area contributed by atoms with Crippen LogP contribution in [0, 0.1) is 5.82 Å². The first-order chi connectivity index (χ1) is 14.2. The van der Waals surface area contributed by atoms with Crippen LogP contribution in [-0.4, -0.2) is 70.8 Å². The molecule has 2 aromatic heterocycles. The van der Waals surface area contributed by atoms with Crippen LogP contribution in [0.2, 0.25) is 0 Å². The minimum Gasteiger partial charge on any atom is -0.483 e. The van der Waals surface area contributed by atoms with Crippen molar-refractivity contribution in [2.75, 3.05) is 44.7 Å². The van der Waals surface area contributed by atoms with Crippen molar-refractivity contribution in [3.05, 3.63) is 48.7 Å². The number of benzene rings is 1. The summed E-state index contributed by atoms with van der Waals surface area (Å²) in [6.45, 7) is 4.97. The van der Waals surface area contributed by atoms with E-state index in [1.54, 1.807) is 18.3 Å². The molecule has 1 fully saturated rings. The van der Waals surface area contributed by atoms with Crippen molar-refractivity contribution >= 4 is 23.3 Å². The van der Waals surface area contributed by atoms with Gasteiger partial charge in [0.15, 0.2) is 5.65 Å². The zero-order chi connectivity index (χ0) is 20.5. The summed E-state index contributed by atoms with van der Waals surface area (Å²) in [5, 5.41) is 11.1. The number of rotatable bonds is 5. The van der Waals surface area contributed by atoms with Gasteiger partial charge in [0.2, 0.25) is 0 Å². The molecule has 0 spiro atoms. The molecule has 0 atom stereocenters. The predicted molar refractivity (Wildman–Crippen MR) is 107 cm³/mol. The second-order valence-corrected chi connectivity index (χ2v) is 6.31. The van der Waals surface area contributed by atoms with Crippen LogP contribution in [0.25, 0.3) is 22.2 Å². The van der Waals surface area contributed by atoms with Gasteiger partial charge in [-0.05, 0) is 23.8 Å². The fraction of sp³-hybridized carbons (Fsp3) is 0.300. The summed E-state index contributed by atoms with van der Waals surface area (Å²) in [6.07, 6.45) is 3.27. The van der Waals surface area contributed by atoms with Gasteiger partial charge in [0.1, 0.15) is 18.0 Å². The maximum absolute atomic E-state index is 13.2. The highest BCUT2D eigenvalue weighted by Crippen LogP contribution is 2.25. The molecular weight excluding hydrogens is 377 g/mol. The number of ether oxygens (including phenoxy) is 1. The van der Waals surface area contributed by atoms with E-state index < -0.39 is 0 Å². The van der Waals surface area contributed by atoms with Crippen molar-refractivity contribution in [1.29, 1.82) is 0 Å². The van der Waals surface area contributed by atoms with E-state index in [2.05, 4.69) is 25.2 Å². The van der Waals surface area contributed by atoms with Crippen LogP contribution in [0.1, 0.15) is 0 Å². The SMILES string of the molecule is Fc1ccc(-c2cnc3ncnc(NCCN4CCOCC4)c3c2)cc1.O=CO. The highest BCUT2D eigenvalue weighted by atomic mass is 19.1. The van der Waals surface area contributed by atoms with Crippen LogP contribution in [0.3, 0.4) is 0 Å². The third-order valence-corrected chi connectivity index (χ3v) is 4.49. The Labute approximate surface area is 167 Å². The van der Waals surface area contributed by atoms with Crippen molar-refractivity contribution in [2.45, 2.75) is 0 Å². The molecule has 152 valence electrons. The Morgan fingerprint density at radius 1 is 1.14 bits per heavy atom. The minimum atomic E-state index is -0.253. The third-order valence-electron chi connectivity index (χ3n) is 4.49. The van der Waals surface area contributed by atoms with E-state index in [-0.39, 0.29) is 12.3 Å². The topological polar surface area (TPSA) is 100 Å². The largest absolute Gasteiger partial charge is 0.483 e. The van der Waals surface area contributed by atoms with Gasteiger partial charge in [0, 0.05) is 37.9 Å².